The van der Waals surface area contributed by atoms with Crippen molar-refractivity contribution in [3.05, 3.63) is 130 Å². The lowest BCUT2D eigenvalue weighted by Crippen LogP contribution is -2.51. The van der Waals surface area contributed by atoms with Crippen molar-refractivity contribution in [3.8, 4) is 0 Å². The van der Waals surface area contributed by atoms with E-state index in [-0.39, 0.29) is 17.7 Å². The van der Waals surface area contributed by atoms with Crippen LogP contribution in [0, 0.1) is 18.8 Å². The van der Waals surface area contributed by atoms with Crippen LogP contribution in [0.25, 0.3) is 0 Å². The number of imide groups is 1. The van der Waals surface area contributed by atoms with Crippen LogP contribution in [-0.4, -0.2) is 18.0 Å². The molecular weight excluding hydrogens is 480 g/mol. The third kappa shape index (κ3) is 2.99. The molecular formula is C32H23ClN2O2. The highest BCUT2D eigenvalue weighted by atomic mass is 35.5. The molecule has 0 spiro atoms. The predicted molar refractivity (Wildman–Crippen MR) is 146 cm³/mol. The van der Waals surface area contributed by atoms with Crippen molar-refractivity contribution >= 4 is 41.0 Å². The third-order valence-electron chi connectivity index (χ3n) is 8.20. The first-order chi connectivity index (χ1) is 18.0. The van der Waals surface area contributed by atoms with Gasteiger partial charge in [-0.3, -0.25) is 14.6 Å². The van der Waals surface area contributed by atoms with Crippen molar-refractivity contribution in [1.29, 1.82) is 0 Å². The molecule has 0 saturated carbocycles. The summed E-state index contributed by atoms with van der Waals surface area (Å²) >= 11 is 6.53. The van der Waals surface area contributed by atoms with Crippen LogP contribution in [0.4, 0.5) is 11.4 Å². The number of carbonyl (C=O) groups excluding carboxylic acids is 2. The first kappa shape index (κ1) is 22.2. The minimum atomic E-state index is -0.913. The zero-order valence-corrected chi connectivity index (χ0v) is 20.9. The van der Waals surface area contributed by atoms with Crippen LogP contribution in [0.5, 0.6) is 0 Å². The fourth-order valence-electron chi connectivity index (χ4n) is 6.68. The van der Waals surface area contributed by atoms with Gasteiger partial charge in [-0.1, -0.05) is 84.4 Å². The van der Waals surface area contributed by atoms with Gasteiger partial charge in [-0.25, -0.2) is 4.90 Å². The molecule has 37 heavy (non-hydrogen) atoms. The van der Waals surface area contributed by atoms with Crippen molar-refractivity contribution in [2.75, 3.05) is 4.90 Å². The van der Waals surface area contributed by atoms with Gasteiger partial charge in [0.1, 0.15) is 0 Å². The number of hydrogen-bond donors (Lipinski definition) is 0. The van der Waals surface area contributed by atoms with Gasteiger partial charge in [0.15, 0.2) is 0 Å². The maximum atomic E-state index is 14.4. The molecule has 4 nitrogen and oxygen atoms in total. The molecule has 4 aromatic carbocycles. The molecule has 4 bridgehead atoms. The molecule has 1 saturated heterocycles. The van der Waals surface area contributed by atoms with Crippen molar-refractivity contribution < 1.29 is 9.59 Å². The maximum Gasteiger partial charge on any atom is 0.239 e. The molecule has 0 aromatic heterocycles. The van der Waals surface area contributed by atoms with E-state index in [0.717, 1.165) is 33.5 Å². The van der Waals surface area contributed by atoms with Crippen LogP contribution in [0.2, 0.25) is 5.02 Å². The van der Waals surface area contributed by atoms with Crippen LogP contribution in [0.15, 0.2) is 102 Å². The molecule has 1 aliphatic heterocycles. The molecule has 10 rings (SSSR count). The summed E-state index contributed by atoms with van der Waals surface area (Å²) in [6.45, 7) is 2.03. The Morgan fingerprint density at radius 2 is 1.62 bits per heavy atom. The second kappa shape index (κ2) is 7.99. The summed E-state index contributed by atoms with van der Waals surface area (Å²) in [5.41, 5.74) is 5.53. The number of carbonyl (C=O) groups is 2. The van der Waals surface area contributed by atoms with E-state index < -0.39 is 17.3 Å². The van der Waals surface area contributed by atoms with E-state index in [2.05, 4.69) is 36.4 Å². The van der Waals surface area contributed by atoms with Crippen molar-refractivity contribution in [2.24, 2.45) is 16.8 Å². The smallest absolute Gasteiger partial charge is 0.239 e. The van der Waals surface area contributed by atoms with Gasteiger partial charge in [-0.05, 0) is 59.0 Å². The Labute approximate surface area is 220 Å². The Hall–Kier alpha value is -4.02. The van der Waals surface area contributed by atoms with Gasteiger partial charge in [0.2, 0.25) is 11.8 Å². The van der Waals surface area contributed by atoms with Gasteiger partial charge in [0, 0.05) is 12.1 Å². The Morgan fingerprint density at radius 3 is 2.41 bits per heavy atom. The highest BCUT2D eigenvalue weighted by Crippen LogP contribution is 2.60. The highest BCUT2D eigenvalue weighted by molar-refractivity contribution is 6.36. The fourth-order valence-corrected chi connectivity index (χ4v) is 6.90. The van der Waals surface area contributed by atoms with Gasteiger partial charge in [-0.2, -0.15) is 0 Å². The first-order valence-electron chi connectivity index (χ1n) is 12.4. The van der Waals surface area contributed by atoms with E-state index in [1.54, 1.807) is 24.3 Å². The molecule has 4 aromatic rings. The van der Waals surface area contributed by atoms with Crippen molar-refractivity contribution in [2.45, 2.75) is 18.3 Å². The van der Waals surface area contributed by atoms with E-state index >= 15 is 0 Å². The Bertz CT molecular complexity index is 1630. The van der Waals surface area contributed by atoms with Gasteiger partial charge in [0.05, 0.1) is 33.6 Å². The minimum Gasteiger partial charge on any atom is -0.274 e. The van der Waals surface area contributed by atoms with E-state index in [1.807, 2.05) is 49.5 Å². The second-order valence-electron chi connectivity index (χ2n) is 10.1. The molecule has 0 unspecified atom stereocenters. The third-order valence-corrected chi connectivity index (χ3v) is 8.52. The van der Waals surface area contributed by atoms with Gasteiger partial charge < -0.3 is 0 Å². The monoisotopic (exact) mass is 502 g/mol. The number of rotatable bonds is 3. The Balaban J connectivity index is 1.53. The van der Waals surface area contributed by atoms with Crippen LogP contribution < -0.4 is 4.90 Å². The average molecular weight is 503 g/mol. The zero-order valence-electron chi connectivity index (χ0n) is 20.1. The number of amides is 2. The minimum absolute atomic E-state index is 0.210. The number of para-hydroxylation sites is 1. The van der Waals surface area contributed by atoms with Crippen molar-refractivity contribution in [3.63, 3.8) is 0 Å². The first-order valence-corrected chi connectivity index (χ1v) is 12.8. The quantitative estimate of drug-likeness (QED) is 0.234. The van der Waals surface area contributed by atoms with Gasteiger partial charge in [0.25, 0.3) is 0 Å². The molecule has 0 N–H and O–H groups in total. The molecule has 1 fully saturated rings. The van der Waals surface area contributed by atoms with Crippen LogP contribution in [0.3, 0.4) is 0 Å². The summed E-state index contributed by atoms with van der Waals surface area (Å²) in [6.07, 6.45) is 1.91. The fraction of sp³-hybridized carbons (Fsp3) is 0.156. The normalized spacial score (nSPS) is 25.4. The summed E-state index contributed by atoms with van der Waals surface area (Å²) in [5.74, 6) is -1.90. The summed E-state index contributed by atoms with van der Waals surface area (Å²) in [7, 11) is 0. The standard InChI is InChI=1S/C32H23ClN2O2/c1-19-7-6-8-22(17-19)34-18-32-21-15-13-20(14-16-21)27(23-9-2-3-10-24(23)32)28-29(32)31(37)35(30(28)36)26-12-5-4-11-25(26)33/h2-18,27-29H,1H3/t27-,28-,29-,32+/m0/s1. The van der Waals surface area contributed by atoms with Crippen molar-refractivity contribution in [1.82, 2.24) is 0 Å². The molecule has 4 atom stereocenters. The lowest BCUT2D eigenvalue weighted by Gasteiger charge is -2.48. The van der Waals surface area contributed by atoms with E-state index in [4.69, 9.17) is 16.6 Å². The number of nitrogens with zero attached hydrogens (tertiary/aromatic N) is 2. The van der Waals surface area contributed by atoms with Gasteiger partial charge in [-0.15, -0.1) is 0 Å². The Morgan fingerprint density at radius 1 is 0.865 bits per heavy atom. The number of anilines is 1. The molecule has 2 amide bonds. The second-order valence-corrected chi connectivity index (χ2v) is 10.5. The number of benzene rings is 4. The number of halogens is 1. The van der Waals surface area contributed by atoms with E-state index in [0.29, 0.717) is 10.7 Å². The number of hydrogen-bond acceptors (Lipinski definition) is 3. The summed E-state index contributed by atoms with van der Waals surface area (Å²) in [4.78, 5) is 34.9. The zero-order chi connectivity index (χ0) is 25.3. The maximum absolute atomic E-state index is 14.4. The summed E-state index contributed by atoms with van der Waals surface area (Å²) in [5, 5.41) is 0.380. The molecule has 1 heterocycles. The SMILES string of the molecule is Cc1cccc(N=C[C@@]23c4ccc(cc4)[C@@H](c4ccccc42)[C@@H]2C(=O)N(c4ccccc4Cl)C(=O)[C@H]23)c1. The topological polar surface area (TPSA) is 49.7 Å². The van der Waals surface area contributed by atoms with Crippen LogP contribution in [-0.2, 0) is 15.0 Å². The highest BCUT2D eigenvalue weighted by Gasteiger charge is 2.65. The lowest BCUT2D eigenvalue weighted by molar-refractivity contribution is -0.122. The number of aliphatic imine (C=N–C) groups is 1. The van der Waals surface area contributed by atoms with Crippen LogP contribution >= 0.6 is 11.6 Å². The van der Waals surface area contributed by atoms with Gasteiger partial charge >= 0.3 is 0 Å². The molecule has 6 aliphatic rings. The average Bonchev–Trinajstić information content (AvgIpc) is 3.15. The molecule has 5 aliphatic carbocycles. The van der Waals surface area contributed by atoms with E-state index in [9.17, 15) is 9.59 Å². The van der Waals surface area contributed by atoms with E-state index in [1.165, 1.54) is 4.90 Å². The Kier molecular flexibility index (Phi) is 4.79. The molecule has 5 heteroatoms. The number of aryl methyl sites for hydroxylation is 1. The van der Waals surface area contributed by atoms with Crippen LogP contribution in [0.1, 0.15) is 33.7 Å². The summed E-state index contributed by atoms with van der Waals surface area (Å²) < 4.78 is 0. The largest absolute Gasteiger partial charge is 0.274 e. The summed E-state index contributed by atoms with van der Waals surface area (Å²) in [6, 6.07) is 31.6. The molecule has 0 radical (unpaired) electrons. The molecule has 180 valence electrons. The predicted octanol–water partition coefficient (Wildman–Crippen LogP) is 6.60. The lowest BCUT2D eigenvalue weighted by atomic mass is 9.52.